The largest absolute Gasteiger partial charge is 0.311 e. The molecule has 1 saturated carbocycles. The zero-order valence-electron chi connectivity index (χ0n) is 8.83. The molecule has 1 aromatic rings. The molecule has 1 N–H and O–H groups in total. The van der Waals surface area contributed by atoms with Gasteiger partial charge in [-0.1, -0.05) is 12.2 Å². The molecule has 0 unspecified atom stereocenters. The van der Waals surface area contributed by atoms with Crippen LogP contribution in [0.25, 0.3) is 6.08 Å². The summed E-state index contributed by atoms with van der Waals surface area (Å²) >= 11 is 0. The van der Waals surface area contributed by atoms with Crippen molar-refractivity contribution in [1.82, 2.24) is 15.1 Å². The first-order valence-electron chi connectivity index (χ1n) is 5.16. The average Bonchev–Trinajstić information content (AvgIpc) is 2.88. The summed E-state index contributed by atoms with van der Waals surface area (Å²) in [6.07, 6.45) is 9.04. The molecule has 1 aromatic heterocycles. The normalized spacial score (nSPS) is 16.7. The van der Waals surface area contributed by atoms with Gasteiger partial charge in [0.15, 0.2) is 0 Å². The highest BCUT2D eigenvalue weighted by Gasteiger charge is 2.18. The first-order valence-corrected chi connectivity index (χ1v) is 5.16. The van der Waals surface area contributed by atoms with Gasteiger partial charge in [-0.25, -0.2) is 0 Å². The van der Waals surface area contributed by atoms with Gasteiger partial charge in [-0.2, -0.15) is 5.10 Å². The Labute approximate surface area is 84.8 Å². The first-order chi connectivity index (χ1) is 6.75. The second-order valence-electron chi connectivity index (χ2n) is 3.93. The topological polar surface area (TPSA) is 29.9 Å². The minimum absolute atomic E-state index is 0.787. The first kappa shape index (κ1) is 9.46. The molecule has 3 nitrogen and oxygen atoms in total. The Hall–Kier alpha value is -1.09. The Kier molecular flexibility index (Phi) is 2.68. The molecular formula is C11H17N3. The number of aromatic nitrogens is 2. The maximum Gasteiger partial charge on any atom is 0.0665 e. The van der Waals surface area contributed by atoms with E-state index in [0.717, 1.165) is 18.3 Å². The van der Waals surface area contributed by atoms with Crippen LogP contribution in [-0.2, 0) is 7.05 Å². The SMILES string of the molecule is Cc1nn(C)cc1/C=C/CNC1CC1. The maximum absolute atomic E-state index is 4.28. The van der Waals surface area contributed by atoms with Crippen molar-refractivity contribution in [3.63, 3.8) is 0 Å². The van der Waals surface area contributed by atoms with Crippen molar-refractivity contribution in [2.75, 3.05) is 6.54 Å². The Bertz CT molecular complexity index is 334. The van der Waals surface area contributed by atoms with E-state index in [2.05, 4.69) is 22.6 Å². The molecule has 1 fully saturated rings. The number of aryl methyl sites for hydroxylation is 2. The Morgan fingerprint density at radius 2 is 2.43 bits per heavy atom. The van der Waals surface area contributed by atoms with Crippen LogP contribution in [0.15, 0.2) is 12.3 Å². The van der Waals surface area contributed by atoms with Crippen molar-refractivity contribution >= 4 is 6.08 Å². The van der Waals surface area contributed by atoms with E-state index in [4.69, 9.17) is 0 Å². The smallest absolute Gasteiger partial charge is 0.0665 e. The van der Waals surface area contributed by atoms with E-state index in [0.29, 0.717) is 0 Å². The van der Waals surface area contributed by atoms with Crippen LogP contribution in [0.4, 0.5) is 0 Å². The molecule has 2 rings (SSSR count). The Morgan fingerprint density at radius 3 is 3.00 bits per heavy atom. The lowest BCUT2D eigenvalue weighted by Crippen LogP contribution is -2.15. The molecule has 0 atom stereocenters. The van der Waals surface area contributed by atoms with E-state index in [9.17, 15) is 0 Å². The quantitative estimate of drug-likeness (QED) is 0.781. The monoisotopic (exact) mass is 191 g/mol. The number of nitrogens with zero attached hydrogens (tertiary/aromatic N) is 2. The van der Waals surface area contributed by atoms with Crippen LogP contribution in [0.3, 0.4) is 0 Å². The summed E-state index contributed by atoms with van der Waals surface area (Å²) in [5.74, 6) is 0. The van der Waals surface area contributed by atoms with Crippen LogP contribution in [-0.4, -0.2) is 22.4 Å². The molecule has 0 spiro atoms. The standard InChI is InChI=1S/C11H17N3/c1-9-10(8-14(2)13-9)4-3-7-12-11-5-6-11/h3-4,8,11-12H,5-7H2,1-2H3/b4-3+. The number of rotatable bonds is 4. The van der Waals surface area contributed by atoms with Gasteiger partial charge in [-0.3, -0.25) is 4.68 Å². The zero-order chi connectivity index (χ0) is 9.97. The minimum Gasteiger partial charge on any atom is -0.311 e. The van der Waals surface area contributed by atoms with Gasteiger partial charge in [-0.05, 0) is 19.8 Å². The average molecular weight is 191 g/mol. The second-order valence-corrected chi connectivity index (χ2v) is 3.93. The van der Waals surface area contributed by atoms with Gasteiger partial charge < -0.3 is 5.32 Å². The summed E-state index contributed by atoms with van der Waals surface area (Å²) in [7, 11) is 1.95. The highest BCUT2D eigenvalue weighted by molar-refractivity contribution is 5.50. The van der Waals surface area contributed by atoms with Gasteiger partial charge >= 0.3 is 0 Å². The van der Waals surface area contributed by atoms with Crippen LogP contribution >= 0.6 is 0 Å². The summed E-state index contributed by atoms with van der Waals surface area (Å²) in [5, 5.41) is 7.72. The predicted octanol–water partition coefficient (Wildman–Crippen LogP) is 1.49. The molecule has 76 valence electrons. The van der Waals surface area contributed by atoms with E-state index >= 15 is 0 Å². The van der Waals surface area contributed by atoms with E-state index in [1.165, 1.54) is 18.4 Å². The molecule has 1 heterocycles. The van der Waals surface area contributed by atoms with Crippen molar-refractivity contribution in [2.24, 2.45) is 7.05 Å². The maximum atomic E-state index is 4.28. The molecule has 3 heteroatoms. The molecule has 0 bridgehead atoms. The van der Waals surface area contributed by atoms with Crippen LogP contribution in [0.2, 0.25) is 0 Å². The van der Waals surface area contributed by atoms with E-state index < -0.39 is 0 Å². The molecule has 14 heavy (non-hydrogen) atoms. The molecule has 1 aliphatic carbocycles. The fraction of sp³-hybridized carbons (Fsp3) is 0.545. The minimum atomic E-state index is 0.787. The molecule has 0 amide bonds. The molecule has 0 aliphatic heterocycles. The summed E-state index contributed by atoms with van der Waals surface area (Å²) in [6.45, 7) is 3.01. The Morgan fingerprint density at radius 1 is 1.64 bits per heavy atom. The van der Waals surface area contributed by atoms with Crippen LogP contribution < -0.4 is 5.32 Å². The van der Waals surface area contributed by atoms with Gasteiger partial charge in [0, 0.05) is 31.4 Å². The number of hydrogen-bond donors (Lipinski definition) is 1. The van der Waals surface area contributed by atoms with Crippen LogP contribution in [0, 0.1) is 6.92 Å². The third kappa shape index (κ3) is 2.45. The molecular weight excluding hydrogens is 174 g/mol. The summed E-state index contributed by atoms with van der Waals surface area (Å²) in [6, 6.07) is 0.787. The third-order valence-corrected chi connectivity index (χ3v) is 2.45. The lowest BCUT2D eigenvalue weighted by molar-refractivity contribution is 0.754. The van der Waals surface area contributed by atoms with Gasteiger partial charge in [0.05, 0.1) is 5.69 Å². The molecule has 1 aliphatic rings. The van der Waals surface area contributed by atoms with Crippen molar-refractivity contribution in [1.29, 1.82) is 0 Å². The van der Waals surface area contributed by atoms with Crippen molar-refractivity contribution in [2.45, 2.75) is 25.8 Å². The fourth-order valence-electron chi connectivity index (χ4n) is 1.49. The van der Waals surface area contributed by atoms with Crippen LogP contribution in [0.1, 0.15) is 24.1 Å². The van der Waals surface area contributed by atoms with E-state index in [1.807, 2.05) is 24.9 Å². The summed E-state index contributed by atoms with van der Waals surface area (Å²) in [5.41, 5.74) is 2.31. The van der Waals surface area contributed by atoms with Gasteiger partial charge in [0.1, 0.15) is 0 Å². The molecule has 0 aromatic carbocycles. The zero-order valence-corrected chi connectivity index (χ0v) is 8.83. The van der Waals surface area contributed by atoms with E-state index in [-0.39, 0.29) is 0 Å². The number of nitrogens with one attached hydrogen (secondary N) is 1. The lowest BCUT2D eigenvalue weighted by Gasteiger charge is -1.94. The van der Waals surface area contributed by atoms with Crippen molar-refractivity contribution in [3.05, 3.63) is 23.5 Å². The molecule has 0 saturated heterocycles. The lowest BCUT2D eigenvalue weighted by atomic mass is 10.2. The predicted molar refractivity (Wildman–Crippen MR) is 58.0 cm³/mol. The highest BCUT2D eigenvalue weighted by Crippen LogP contribution is 2.18. The highest BCUT2D eigenvalue weighted by atomic mass is 15.2. The summed E-state index contributed by atoms with van der Waals surface area (Å²) < 4.78 is 1.85. The van der Waals surface area contributed by atoms with Gasteiger partial charge in [0.2, 0.25) is 0 Å². The number of hydrogen-bond acceptors (Lipinski definition) is 2. The fourth-order valence-corrected chi connectivity index (χ4v) is 1.49. The van der Waals surface area contributed by atoms with Crippen molar-refractivity contribution in [3.8, 4) is 0 Å². The van der Waals surface area contributed by atoms with Crippen LogP contribution in [0.5, 0.6) is 0 Å². The van der Waals surface area contributed by atoms with Gasteiger partial charge in [0.25, 0.3) is 0 Å². The second kappa shape index (κ2) is 3.96. The van der Waals surface area contributed by atoms with Gasteiger partial charge in [-0.15, -0.1) is 0 Å². The third-order valence-electron chi connectivity index (χ3n) is 2.45. The Balaban J connectivity index is 1.85. The van der Waals surface area contributed by atoms with Crippen molar-refractivity contribution < 1.29 is 0 Å². The molecule has 0 radical (unpaired) electrons. The summed E-state index contributed by atoms with van der Waals surface area (Å²) in [4.78, 5) is 0. The van der Waals surface area contributed by atoms with E-state index in [1.54, 1.807) is 0 Å².